The maximum absolute atomic E-state index is 3.77. The Bertz CT molecular complexity index is 65.5. The van der Waals surface area contributed by atoms with E-state index in [0.717, 1.165) is 0 Å². The fourth-order valence-corrected chi connectivity index (χ4v) is 0.540. The maximum Gasteiger partial charge on any atom is 0.0558 e. The predicted molar refractivity (Wildman–Crippen MR) is 28.5 cm³/mol. The second kappa shape index (κ2) is 2.03. The summed E-state index contributed by atoms with van der Waals surface area (Å²) in [6, 6.07) is 0. The van der Waals surface area contributed by atoms with E-state index in [1.54, 1.807) is 6.21 Å². The molecule has 0 amide bonds. The van der Waals surface area contributed by atoms with Crippen molar-refractivity contribution in [1.29, 1.82) is 0 Å². The molecular weight excluding hydrogens is 94.1 g/mol. The molecular formula is C4H3NS. The first kappa shape index (κ1) is 3.93. The third kappa shape index (κ3) is 0.863. The molecule has 1 heterocycles. The Morgan fingerprint density at radius 2 is 2.67 bits per heavy atom. The van der Waals surface area contributed by atoms with E-state index in [1.807, 2.05) is 11.5 Å². The van der Waals surface area contributed by atoms with Crippen LogP contribution in [0.25, 0.3) is 0 Å². The third-order valence-corrected chi connectivity index (χ3v) is 0.898. The number of hydrogen-bond acceptors (Lipinski definition) is 2. The Hall–Kier alpha value is -0.240. The van der Waals surface area contributed by atoms with Crippen molar-refractivity contribution in [2.45, 2.75) is 0 Å². The molecule has 2 radical (unpaired) electrons. The lowest BCUT2D eigenvalue weighted by Crippen LogP contribution is -1.70. The van der Waals surface area contributed by atoms with E-state index in [9.17, 15) is 0 Å². The normalized spacial score (nSPS) is 18.7. The van der Waals surface area contributed by atoms with Gasteiger partial charge in [-0.3, -0.25) is 0 Å². The van der Waals surface area contributed by atoms with Gasteiger partial charge in [0.1, 0.15) is 0 Å². The first-order valence-corrected chi connectivity index (χ1v) is 2.42. The van der Waals surface area contributed by atoms with Crippen molar-refractivity contribution in [3.63, 3.8) is 0 Å². The van der Waals surface area contributed by atoms with Crippen LogP contribution in [0, 0.1) is 6.42 Å². The molecule has 6 heavy (non-hydrogen) atoms. The van der Waals surface area contributed by atoms with Crippen LogP contribution in [-0.2, 0) is 0 Å². The second-order valence-corrected chi connectivity index (χ2v) is 1.50. The summed E-state index contributed by atoms with van der Waals surface area (Å²) >= 11 is 1.42. The molecule has 0 aliphatic carbocycles. The van der Waals surface area contributed by atoms with E-state index in [0.29, 0.717) is 0 Å². The van der Waals surface area contributed by atoms with E-state index in [2.05, 4.69) is 10.8 Å². The smallest absolute Gasteiger partial charge is 0.0558 e. The number of hydrogen-bond donors (Lipinski definition) is 0. The largest absolute Gasteiger partial charge is 0.223 e. The topological polar surface area (TPSA) is 12.4 Å². The van der Waals surface area contributed by atoms with Crippen molar-refractivity contribution in [3.8, 4) is 0 Å². The summed E-state index contributed by atoms with van der Waals surface area (Å²) in [7, 11) is 0. The lowest BCUT2D eigenvalue weighted by atomic mass is 10.5. The van der Waals surface area contributed by atoms with Crippen molar-refractivity contribution in [2.75, 3.05) is 0 Å². The zero-order chi connectivity index (χ0) is 4.24. The molecule has 1 nitrogen and oxygen atoms in total. The van der Waals surface area contributed by atoms with Crippen LogP contribution < -0.4 is 0 Å². The molecule has 1 aliphatic rings. The van der Waals surface area contributed by atoms with Gasteiger partial charge in [-0.2, -0.15) is 0 Å². The van der Waals surface area contributed by atoms with Crippen LogP contribution in [-0.4, -0.2) is 6.21 Å². The van der Waals surface area contributed by atoms with Gasteiger partial charge in [0.05, 0.1) is 6.42 Å². The van der Waals surface area contributed by atoms with Gasteiger partial charge in [0.15, 0.2) is 0 Å². The van der Waals surface area contributed by atoms with Crippen molar-refractivity contribution in [2.24, 2.45) is 4.40 Å². The molecule has 0 saturated heterocycles. The minimum absolute atomic E-state index is 1.42. The molecule has 0 unspecified atom stereocenters. The lowest BCUT2D eigenvalue weighted by molar-refractivity contribution is 1.84. The molecule has 0 saturated carbocycles. The second-order valence-electron chi connectivity index (χ2n) is 0.809. The monoisotopic (exact) mass is 97.0 g/mol. The molecule has 0 aromatic carbocycles. The zero-order valence-electron chi connectivity index (χ0n) is 3.09. The van der Waals surface area contributed by atoms with E-state index >= 15 is 0 Å². The van der Waals surface area contributed by atoms with Crippen LogP contribution in [0.5, 0.6) is 0 Å². The number of rotatable bonds is 0. The van der Waals surface area contributed by atoms with E-state index in [-0.39, 0.29) is 0 Å². The van der Waals surface area contributed by atoms with E-state index in [1.165, 1.54) is 11.9 Å². The quantitative estimate of drug-likeness (QED) is 0.415. The van der Waals surface area contributed by atoms with Gasteiger partial charge < -0.3 is 0 Å². The van der Waals surface area contributed by atoms with Crippen LogP contribution >= 0.6 is 11.9 Å². The molecule has 0 spiro atoms. The van der Waals surface area contributed by atoms with Crippen molar-refractivity contribution in [1.82, 2.24) is 0 Å². The predicted octanol–water partition coefficient (Wildman–Crippen LogP) is 1.31. The summed E-state index contributed by atoms with van der Waals surface area (Å²) < 4.78 is 3.77. The summed E-state index contributed by atoms with van der Waals surface area (Å²) in [5.41, 5.74) is 0. The van der Waals surface area contributed by atoms with E-state index < -0.39 is 0 Å². The first-order chi connectivity index (χ1) is 3.00. The van der Waals surface area contributed by atoms with Crippen LogP contribution in [0.15, 0.2) is 15.9 Å². The molecule has 1 aliphatic heterocycles. The molecule has 0 fully saturated rings. The Balaban J connectivity index is 2.40. The molecule has 30 valence electrons. The van der Waals surface area contributed by atoms with Crippen LogP contribution in [0.4, 0.5) is 0 Å². The molecule has 1 rings (SSSR count). The van der Waals surface area contributed by atoms with E-state index in [4.69, 9.17) is 0 Å². The zero-order valence-corrected chi connectivity index (χ0v) is 3.90. The summed E-state index contributed by atoms with van der Waals surface area (Å²) in [6.07, 6.45) is 6.27. The van der Waals surface area contributed by atoms with Crippen molar-refractivity contribution < 1.29 is 0 Å². The van der Waals surface area contributed by atoms with Gasteiger partial charge in [-0.05, 0) is 5.41 Å². The Kier molecular flexibility index (Phi) is 1.33. The fourth-order valence-electron chi connectivity index (χ4n) is 0.209. The minimum atomic E-state index is 1.42. The van der Waals surface area contributed by atoms with Gasteiger partial charge >= 0.3 is 0 Å². The number of allylic oxidation sites excluding steroid dienone is 1. The number of nitrogens with zero attached hydrogens (tertiary/aromatic N) is 1. The van der Waals surface area contributed by atoms with Crippen LogP contribution in [0.1, 0.15) is 0 Å². The van der Waals surface area contributed by atoms with Crippen LogP contribution in [0.3, 0.4) is 0 Å². The molecule has 2 heteroatoms. The maximum atomic E-state index is 3.77. The van der Waals surface area contributed by atoms with Gasteiger partial charge in [-0.15, -0.1) is 0 Å². The summed E-state index contributed by atoms with van der Waals surface area (Å²) in [5, 5.41) is 1.88. The molecule has 0 N–H and O–H groups in total. The molecule has 0 aromatic rings. The Morgan fingerprint density at radius 3 is 2.83 bits per heavy atom. The lowest BCUT2D eigenvalue weighted by Gasteiger charge is -1.85. The Morgan fingerprint density at radius 1 is 1.67 bits per heavy atom. The molecule has 0 atom stereocenters. The highest BCUT2D eigenvalue weighted by atomic mass is 32.2. The van der Waals surface area contributed by atoms with Gasteiger partial charge in [0.25, 0.3) is 0 Å². The Labute approximate surface area is 41.3 Å². The average molecular weight is 97.1 g/mol. The van der Waals surface area contributed by atoms with Crippen LogP contribution in [0.2, 0.25) is 0 Å². The standard InChI is InChI=1S/C4H3NS/c1-2-4-6-5-3-1/h2-4H. The van der Waals surface area contributed by atoms with Gasteiger partial charge in [0.2, 0.25) is 0 Å². The summed E-state index contributed by atoms with van der Waals surface area (Å²) in [4.78, 5) is 0. The highest BCUT2D eigenvalue weighted by Crippen LogP contribution is 2.06. The minimum Gasteiger partial charge on any atom is -0.223 e. The molecule has 0 bridgehead atoms. The van der Waals surface area contributed by atoms with Crippen molar-refractivity contribution >= 4 is 18.2 Å². The highest BCUT2D eigenvalue weighted by Gasteiger charge is 1.79. The summed E-state index contributed by atoms with van der Waals surface area (Å²) in [6.45, 7) is 0. The van der Waals surface area contributed by atoms with Gasteiger partial charge in [-0.1, -0.05) is 6.08 Å². The van der Waals surface area contributed by atoms with Crippen molar-refractivity contribution in [3.05, 3.63) is 17.9 Å². The van der Waals surface area contributed by atoms with Gasteiger partial charge in [0, 0.05) is 18.2 Å². The third-order valence-electron chi connectivity index (χ3n) is 0.413. The summed E-state index contributed by atoms with van der Waals surface area (Å²) in [5.74, 6) is 0. The average Bonchev–Trinajstić information content (AvgIpc) is 1.72. The molecule has 0 aromatic heterocycles. The fraction of sp³-hybridized carbons (Fsp3) is 0. The highest BCUT2D eigenvalue weighted by molar-refractivity contribution is 8.01. The first-order valence-electron chi connectivity index (χ1n) is 1.59. The SMILES string of the molecule is [C]1C=CSN=C1. The van der Waals surface area contributed by atoms with Gasteiger partial charge in [-0.25, -0.2) is 4.40 Å².